The van der Waals surface area contributed by atoms with Crippen molar-refractivity contribution in [1.29, 1.82) is 0 Å². The average molecular weight is 377 g/mol. The topological polar surface area (TPSA) is 74.3 Å². The number of carbonyl (C=O) groups excluding carboxylic acids is 1. The maximum Gasteiger partial charge on any atom is 0.421 e. The SMILES string of the molecule is C=CCC(O)(c1c(NC(=O)OCC)[nH]c2cc(Cl)ccc12)C(F)(F)F. The second kappa shape index (κ2) is 6.97. The predicted molar refractivity (Wildman–Crippen MR) is 88.7 cm³/mol. The molecular formula is C16H16ClF3N2O3. The van der Waals surface area contributed by atoms with Crippen LogP contribution in [-0.4, -0.2) is 29.0 Å². The maximum atomic E-state index is 13.6. The molecule has 2 aromatic rings. The third-order valence-electron chi connectivity index (χ3n) is 3.59. The number of carbonyl (C=O) groups is 1. The highest BCUT2D eigenvalue weighted by Gasteiger charge is 2.56. The van der Waals surface area contributed by atoms with E-state index >= 15 is 0 Å². The first kappa shape index (κ1) is 19.1. The summed E-state index contributed by atoms with van der Waals surface area (Å²) in [5, 5.41) is 13.0. The number of halogens is 4. The van der Waals surface area contributed by atoms with E-state index in [1.54, 1.807) is 6.92 Å². The number of H-pyrrole nitrogens is 1. The van der Waals surface area contributed by atoms with Crippen molar-refractivity contribution >= 4 is 34.4 Å². The molecule has 0 fully saturated rings. The summed E-state index contributed by atoms with van der Waals surface area (Å²) in [5.41, 5.74) is -3.56. The molecule has 1 amide bonds. The third-order valence-corrected chi connectivity index (χ3v) is 3.82. The standard InChI is InChI=1S/C16H16ClF3N2O3/c1-3-7-15(24,16(18,19)20)12-10-6-5-9(17)8-11(10)21-13(12)22-14(23)25-4-2/h3,5-6,8,21,24H,1,4,7H2,2H3,(H,22,23). The van der Waals surface area contributed by atoms with Crippen molar-refractivity contribution in [2.75, 3.05) is 11.9 Å². The lowest BCUT2D eigenvalue weighted by molar-refractivity contribution is -0.264. The van der Waals surface area contributed by atoms with E-state index in [1.807, 2.05) is 0 Å². The number of amides is 1. The van der Waals surface area contributed by atoms with Gasteiger partial charge in [-0.15, -0.1) is 6.58 Å². The van der Waals surface area contributed by atoms with Gasteiger partial charge in [-0.25, -0.2) is 4.79 Å². The largest absolute Gasteiger partial charge is 0.450 e. The van der Waals surface area contributed by atoms with E-state index in [1.165, 1.54) is 18.2 Å². The number of ether oxygens (including phenoxy) is 1. The fraction of sp³-hybridized carbons (Fsp3) is 0.312. The van der Waals surface area contributed by atoms with Crippen LogP contribution in [0.2, 0.25) is 5.02 Å². The van der Waals surface area contributed by atoms with Gasteiger partial charge in [0.25, 0.3) is 0 Å². The molecule has 1 aromatic heterocycles. The number of alkyl halides is 3. The van der Waals surface area contributed by atoms with E-state index in [-0.39, 0.29) is 28.4 Å². The Bertz CT molecular complexity index is 804. The quantitative estimate of drug-likeness (QED) is 0.661. The Labute approximate surface area is 146 Å². The summed E-state index contributed by atoms with van der Waals surface area (Å²) in [6.45, 7) is 4.86. The number of benzene rings is 1. The number of aromatic nitrogens is 1. The maximum absolute atomic E-state index is 13.6. The van der Waals surface area contributed by atoms with Crippen LogP contribution in [0, 0.1) is 0 Å². The van der Waals surface area contributed by atoms with E-state index in [2.05, 4.69) is 16.9 Å². The van der Waals surface area contributed by atoms with Crippen molar-refractivity contribution in [2.24, 2.45) is 0 Å². The second-order valence-corrected chi connectivity index (χ2v) is 5.70. The van der Waals surface area contributed by atoms with Gasteiger partial charge in [0.2, 0.25) is 0 Å². The first-order chi connectivity index (χ1) is 11.6. The highest BCUT2D eigenvalue weighted by atomic mass is 35.5. The minimum Gasteiger partial charge on any atom is -0.450 e. The van der Waals surface area contributed by atoms with Gasteiger partial charge in [-0.1, -0.05) is 23.7 Å². The molecule has 0 aliphatic heterocycles. The van der Waals surface area contributed by atoms with Crippen molar-refractivity contribution in [3.8, 4) is 0 Å². The van der Waals surface area contributed by atoms with E-state index in [9.17, 15) is 23.1 Å². The normalized spacial score (nSPS) is 14.2. The Kier molecular flexibility index (Phi) is 5.34. The van der Waals surface area contributed by atoms with E-state index in [0.29, 0.717) is 0 Å². The van der Waals surface area contributed by atoms with Crippen molar-refractivity contribution in [1.82, 2.24) is 4.98 Å². The Morgan fingerprint density at radius 3 is 2.72 bits per heavy atom. The number of aromatic amines is 1. The van der Waals surface area contributed by atoms with Crippen LogP contribution in [-0.2, 0) is 10.3 Å². The summed E-state index contributed by atoms with van der Waals surface area (Å²) in [4.78, 5) is 14.3. The molecular weight excluding hydrogens is 361 g/mol. The molecule has 3 N–H and O–H groups in total. The van der Waals surface area contributed by atoms with E-state index < -0.39 is 29.9 Å². The van der Waals surface area contributed by atoms with Crippen LogP contribution in [0.3, 0.4) is 0 Å². The number of nitrogens with one attached hydrogen (secondary N) is 2. The molecule has 0 aliphatic carbocycles. The van der Waals surface area contributed by atoms with Gasteiger partial charge in [-0.2, -0.15) is 13.2 Å². The number of rotatable bonds is 5. The van der Waals surface area contributed by atoms with Crippen molar-refractivity contribution in [3.05, 3.63) is 41.4 Å². The van der Waals surface area contributed by atoms with Gasteiger partial charge in [-0.05, 0) is 19.1 Å². The number of hydrogen-bond donors (Lipinski definition) is 3. The van der Waals surface area contributed by atoms with Crippen molar-refractivity contribution in [3.63, 3.8) is 0 Å². The minimum absolute atomic E-state index is 0.0312. The van der Waals surface area contributed by atoms with Gasteiger partial charge in [0, 0.05) is 27.9 Å². The van der Waals surface area contributed by atoms with Crippen LogP contribution in [0.25, 0.3) is 10.9 Å². The zero-order valence-corrected chi connectivity index (χ0v) is 14.0. The molecule has 0 aliphatic rings. The molecule has 5 nitrogen and oxygen atoms in total. The van der Waals surface area contributed by atoms with E-state index in [4.69, 9.17) is 16.3 Å². The molecule has 0 bridgehead atoms. The molecule has 1 aromatic carbocycles. The molecule has 0 saturated carbocycles. The van der Waals surface area contributed by atoms with Gasteiger partial charge >= 0.3 is 12.3 Å². The van der Waals surface area contributed by atoms with Gasteiger partial charge in [0.1, 0.15) is 5.82 Å². The van der Waals surface area contributed by atoms with Crippen LogP contribution in [0.5, 0.6) is 0 Å². The summed E-state index contributed by atoms with van der Waals surface area (Å²) in [6.07, 6.45) is -5.81. The summed E-state index contributed by atoms with van der Waals surface area (Å²) < 4.78 is 45.6. The summed E-state index contributed by atoms with van der Waals surface area (Å²) in [5.74, 6) is -0.322. The number of anilines is 1. The van der Waals surface area contributed by atoms with Crippen LogP contribution in [0.15, 0.2) is 30.9 Å². The van der Waals surface area contributed by atoms with Crippen LogP contribution in [0.4, 0.5) is 23.8 Å². The Morgan fingerprint density at radius 2 is 2.16 bits per heavy atom. The van der Waals surface area contributed by atoms with Gasteiger partial charge < -0.3 is 14.8 Å². The summed E-state index contributed by atoms with van der Waals surface area (Å²) in [6, 6.07) is 4.11. The average Bonchev–Trinajstić information content (AvgIpc) is 2.83. The predicted octanol–water partition coefficient (Wildman–Crippen LogP) is 4.72. The van der Waals surface area contributed by atoms with Crippen LogP contribution >= 0.6 is 11.6 Å². The Balaban J connectivity index is 2.73. The molecule has 2 rings (SSSR count). The molecule has 25 heavy (non-hydrogen) atoms. The molecule has 1 unspecified atom stereocenters. The fourth-order valence-electron chi connectivity index (χ4n) is 2.53. The highest BCUT2D eigenvalue weighted by Crippen LogP contribution is 2.47. The van der Waals surface area contributed by atoms with Gasteiger partial charge in [-0.3, -0.25) is 5.32 Å². The summed E-state index contributed by atoms with van der Waals surface area (Å²) >= 11 is 5.87. The molecule has 136 valence electrons. The first-order valence-corrected chi connectivity index (χ1v) is 7.67. The van der Waals surface area contributed by atoms with Gasteiger partial charge in [0.15, 0.2) is 5.60 Å². The second-order valence-electron chi connectivity index (χ2n) is 5.26. The zero-order valence-electron chi connectivity index (χ0n) is 13.2. The Morgan fingerprint density at radius 1 is 1.48 bits per heavy atom. The van der Waals surface area contributed by atoms with Crippen molar-refractivity contribution in [2.45, 2.75) is 25.1 Å². The van der Waals surface area contributed by atoms with Gasteiger partial charge in [0.05, 0.1) is 6.61 Å². The lowest BCUT2D eigenvalue weighted by atomic mass is 9.88. The number of fused-ring (bicyclic) bond motifs is 1. The third kappa shape index (κ3) is 3.59. The lowest BCUT2D eigenvalue weighted by Crippen LogP contribution is -2.42. The molecule has 0 saturated heterocycles. The Hall–Kier alpha value is -2.19. The smallest absolute Gasteiger partial charge is 0.421 e. The van der Waals surface area contributed by atoms with Crippen LogP contribution in [0.1, 0.15) is 18.9 Å². The minimum atomic E-state index is -5.01. The van der Waals surface area contributed by atoms with E-state index in [0.717, 1.165) is 6.08 Å². The lowest BCUT2D eigenvalue weighted by Gasteiger charge is -2.30. The molecule has 9 heteroatoms. The molecule has 0 radical (unpaired) electrons. The fourth-order valence-corrected chi connectivity index (χ4v) is 2.70. The zero-order chi connectivity index (χ0) is 18.8. The molecule has 1 heterocycles. The number of hydrogen-bond acceptors (Lipinski definition) is 3. The number of aliphatic hydroxyl groups is 1. The van der Waals surface area contributed by atoms with Crippen LogP contribution < -0.4 is 5.32 Å². The molecule has 1 atom stereocenters. The monoisotopic (exact) mass is 376 g/mol. The highest BCUT2D eigenvalue weighted by molar-refractivity contribution is 6.31. The first-order valence-electron chi connectivity index (χ1n) is 7.29. The molecule has 0 spiro atoms. The van der Waals surface area contributed by atoms with Crippen molar-refractivity contribution < 1.29 is 27.8 Å². The summed E-state index contributed by atoms with van der Waals surface area (Å²) in [7, 11) is 0.